The van der Waals surface area contributed by atoms with Gasteiger partial charge in [0.25, 0.3) is 0 Å². The Morgan fingerprint density at radius 3 is 2.39 bits per heavy atom. The summed E-state index contributed by atoms with van der Waals surface area (Å²) in [6.45, 7) is 8.87. The summed E-state index contributed by atoms with van der Waals surface area (Å²) in [5, 5.41) is 2.31. The molecule has 94 valence electrons. The van der Waals surface area contributed by atoms with Crippen LogP contribution >= 0.6 is 0 Å². The van der Waals surface area contributed by atoms with Crippen molar-refractivity contribution in [3.8, 4) is 11.5 Å². The van der Waals surface area contributed by atoms with Crippen molar-refractivity contribution in [1.29, 1.82) is 0 Å². The molecular formula is C15H17NO2. The molecule has 18 heavy (non-hydrogen) atoms. The molecule has 0 fully saturated rings. The van der Waals surface area contributed by atoms with Gasteiger partial charge in [-0.1, -0.05) is 20.8 Å². The van der Waals surface area contributed by atoms with E-state index in [1.54, 1.807) is 0 Å². The van der Waals surface area contributed by atoms with E-state index in [0.717, 1.165) is 33.7 Å². The highest BCUT2D eigenvalue weighted by atomic mass is 16.7. The highest BCUT2D eigenvalue weighted by Crippen LogP contribution is 2.39. The lowest BCUT2D eigenvalue weighted by molar-refractivity contribution is 0.174. The van der Waals surface area contributed by atoms with Crippen LogP contribution in [0.5, 0.6) is 11.5 Å². The number of pyridine rings is 1. The Bertz CT molecular complexity index is 626. The highest BCUT2D eigenvalue weighted by molar-refractivity contribution is 5.89. The Morgan fingerprint density at radius 1 is 1.06 bits per heavy atom. The number of ether oxygens (including phenoxy) is 2. The van der Waals surface area contributed by atoms with E-state index >= 15 is 0 Å². The highest BCUT2D eigenvalue weighted by Gasteiger charge is 2.22. The third kappa shape index (κ3) is 1.70. The molecule has 3 heteroatoms. The van der Waals surface area contributed by atoms with E-state index in [9.17, 15) is 0 Å². The van der Waals surface area contributed by atoms with Crippen LogP contribution in [0.25, 0.3) is 10.8 Å². The third-order valence-electron chi connectivity index (χ3n) is 3.16. The van der Waals surface area contributed by atoms with Gasteiger partial charge >= 0.3 is 0 Å². The molecule has 0 bridgehead atoms. The Balaban J connectivity index is 2.36. The first-order valence-corrected chi connectivity index (χ1v) is 6.16. The smallest absolute Gasteiger partial charge is 0.231 e. The van der Waals surface area contributed by atoms with Crippen molar-refractivity contribution in [2.75, 3.05) is 6.79 Å². The van der Waals surface area contributed by atoms with E-state index in [1.165, 1.54) is 0 Å². The molecule has 1 aromatic heterocycles. The molecule has 2 aromatic rings. The van der Waals surface area contributed by atoms with Crippen LogP contribution in [0.4, 0.5) is 0 Å². The maximum absolute atomic E-state index is 5.45. The monoisotopic (exact) mass is 243 g/mol. The van der Waals surface area contributed by atoms with Crippen molar-refractivity contribution in [3.05, 3.63) is 29.6 Å². The zero-order valence-corrected chi connectivity index (χ0v) is 11.2. The first-order chi connectivity index (χ1) is 8.45. The maximum Gasteiger partial charge on any atom is 0.231 e. The van der Waals surface area contributed by atoms with Gasteiger partial charge in [0.1, 0.15) is 0 Å². The molecule has 0 saturated carbocycles. The lowest BCUT2D eigenvalue weighted by Crippen LogP contribution is -2.14. The topological polar surface area (TPSA) is 31.4 Å². The standard InChI is InChI=1S/C15H17NO2/c1-9-5-10-6-12-13(18-8-17-12)7-11(10)14(16-9)15(2,3)4/h5-7H,8H2,1-4H3. The summed E-state index contributed by atoms with van der Waals surface area (Å²) in [5.41, 5.74) is 2.15. The molecule has 0 saturated heterocycles. The normalized spacial score (nSPS) is 14.2. The second-order valence-electron chi connectivity index (χ2n) is 5.79. The average Bonchev–Trinajstić information content (AvgIpc) is 2.70. The zero-order valence-electron chi connectivity index (χ0n) is 11.2. The van der Waals surface area contributed by atoms with Gasteiger partial charge in [-0.15, -0.1) is 0 Å². The van der Waals surface area contributed by atoms with Crippen molar-refractivity contribution in [1.82, 2.24) is 4.98 Å². The SMILES string of the molecule is Cc1cc2cc3c(cc2c(C(C)(C)C)n1)OCO3. The number of nitrogens with zero attached hydrogens (tertiary/aromatic N) is 1. The second-order valence-corrected chi connectivity index (χ2v) is 5.79. The second kappa shape index (κ2) is 3.61. The fourth-order valence-corrected chi connectivity index (χ4v) is 2.35. The Kier molecular flexibility index (Phi) is 2.27. The molecule has 0 spiro atoms. The van der Waals surface area contributed by atoms with E-state index in [0.29, 0.717) is 6.79 Å². The molecule has 0 aliphatic carbocycles. The van der Waals surface area contributed by atoms with Crippen LogP contribution in [-0.4, -0.2) is 11.8 Å². The van der Waals surface area contributed by atoms with E-state index < -0.39 is 0 Å². The van der Waals surface area contributed by atoms with Gasteiger partial charge in [-0.05, 0) is 30.5 Å². The number of aromatic nitrogens is 1. The molecule has 0 unspecified atom stereocenters. The summed E-state index contributed by atoms with van der Waals surface area (Å²) in [4.78, 5) is 4.70. The Labute approximate surface area is 107 Å². The van der Waals surface area contributed by atoms with Crippen molar-refractivity contribution in [2.24, 2.45) is 0 Å². The Hall–Kier alpha value is -1.77. The number of fused-ring (bicyclic) bond motifs is 2. The summed E-state index contributed by atoms with van der Waals surface area (Å²) in [6, 6.07) is 6.18. The summed E-state index contributed by atoms with van der Waals surface area (Å²) in [7, 11) is 0. The van der Waals surface area contributed by atoms with Gasteiger partial charge in [0.05, 0.1) is 5.69 Å². The molecule has 0 radical (unpaired) electrons. The predicted octanol–water partition coefficient (Wildman–Crippen LogP) is 3.57. The number of hydrogen-bond acceptors (Lipinski definition) is 3. The molecule has 3 nitrogen and oxygen atoms in total. The van der Waals surface area contributed by atoms with E-state index in [4.69, 9.17) is 14.5 Å². The molecule has 3 rings (SSSR count). The molecule has 1 aliphatic heterocycles. The van der Waals surface area contributed by atoms with Gasteiger partial charge in [0.15, 0.2) is 11.5 Å². The number of aryl methyl sites for hydroxylation is 1. The third-order valence-corrected chi connectivity index (χ3v) is 3.16. The van der Waals surface area contributed by atoms with Crippen LogP contribution < -0.4 is 9.47 Å². The molecular weight excluding hydrogens is 226 g/mol. The molecule has 0 atom stereocenters. The summed E-state index contributed by atoms with van der Waals surface area (Å²) >= 11 is 0. The molecule has 2 heterocycles. The van der Waals surface area contributed by atoms with Crippen LogP contribution in [0.15, 0.2) is 18.2 Å². The van der Waals surface area contributed by atoms with Crippen LogP contribution in [0.3, 0.4) is 0 Å². The quantitative estimate of drug-likeness (QED) is 0.708. The van der Waals surface area contributed by atoms with Gasteiger partial charge in [-0.25, -0.2) is 0 Å². The van der Waals surface area contributed by atoms with E-state index in [2.05, 4.69) is 26.8 Å². The van der Waals surface area contributed by atoms with Gasteiger partial charge < -0.3 is 9.47 Å². The van der Waals surface area contributed by atoms with Crippen molar-refractivity contribution >= 4 is 10.8 Å². The fourth-order valence-electron chi connectivity index (χ4n) is 2.35. The van der Waals surface area contributed by atoms with E-state index in [1.807, 2.05) is 19.1 Å². The summed E-state index contributed by atoms with van der Waals surface area (Å²) in [6.07, 6.45) is 0. The largest absolute Gasteiger partial charge is 0.454 e. The lowest BCUT2D eigenvalue weighted by atomic mass is 9.88. The zero-order chi connectivity index (χ0) is 12.9. The molecule has 1 aromatic carbocycles. The minimum absolute atomic E-state index is 0.0119. The first kappa shape index (κ1) is 11.3. The number of benzene rings is 1. The van der Waals surface area contributed by atoms with Crippen molar-refractivity contribution < 1.29 is 9.47 Å². The minimum atomic E-state index is 0.0119. The minimum Gasteiger partial charge on any atom is -0.454 e. The number of rotatable bonds is 0. The fraction of sp³-hybridized carbons (Fsp3) is 0.400. The summed E-state index contributed by atoms with van der Waals surface area (Å²) in [5.74, 6) is 1.65. The maximum atomic E-state index is 5.45. The van der Waals surface area contributed by atoms with Crippen LogP contribution in [0, 0.1) is 6.92 Å². The van der Waals surface area contributed by atoms with Gasteiger partial charge in [0, 0.05) is 16.5 Å². The van der Waals surface area contributed by atoms with Crippen LogP contribution in [0.1, 0.15) is 32.2 Å². The molecule has 0 amide bonds. The summed E-state index contributed by atoms with van der Waals surface area (Å²) < 4.78 is 10.9. The van der Waals surface area contributed by atoms with Crippen LogP contribution in [-0.2, 0) is 5.41 Å². The van der Waals surface area contributed by atoms with E-state index in [-0.39, 0.29) is 5.41 Å². The van der Waals surface area contributed by atoms with Crippen LogP contribution in [0.2, 0.25) is 0 Å². The number of hydrogen-bond donors (Lipinski definition) is 0. The average molecular weight is 243 g/mol. The van der Waals surface area contributed by atoms with Gasteiger partial charge in [-0.3, -0.25) is 4.98 Å². The lowest BCUT2D eigenvalue weighted by Gasteiger charge is -2.21. The van der Waals surface area contributed by atoms with Gasteiger partial charge in [0.2, 0.25) is 6.79 Å². The Morgan fingerprint density at radius 2 is 1.72 bits per heavy atom. The molecule has 1 aliphatic rings. The first-order valence-electron chi connectivity index (χ1n) is 6.16. The molecule has 0 N–H and O–H groups in total. The van der Waals surface area contributed by atoms with Crippen molar-refractivity contribution in [2.45, 2.75) is 33.1 Å². The van der Waals surface area contributed by atoms with Crippen molar-refractivity contribution in [3.63, 3.8) is 0 Å². The predicted molar refractivity (Wildman–Crippen MR) is 71.3 cm³/mol. The van der Waals surface area contributed by atoms with Gasteiger partial charge in [-0.2, -0.15) is 0 Å².